The lowest BCUT2D eigenvalue weighted by Crippen LogP contribution is -2.16. The quantitative estimate of drug-likeness (QED) is 0.500. The largest absolute Gasteiger partial charge is 0.508 e. The van der Waals surface area contributed by atoms with Crippen molar-refractivity contribution in [3.63, 3.8) is 0 Å². The third-order valence-corrected chi connectivity index (χ3v) is 1.09. The molecule has 74 valence electrons. The lowest BCUT2D eigenvalue weighted by Gasteiger charge is -1.93. The third-order valence-electron chi connectivity index (χ3n) is 1.09. The number of rotatable bonds is 1. The number of nitrogens with one attached hydrogen (secondary N) is 1. The van der Waals surface area contributed by atoms with Crippen LogP contribution < -0.4 is 5.48 Å². The summed E-state index contributed by atoms with van der Waals surface area (Å²) in [6, 6.07) is 6.04. The fraction of sp³-hybridized carbons (Fsp3) is 0.333. The van der Waals surface area contributed by atoms with Crippen LogP contribution in [0.3, 0.4) is 0 Å². The molecule has 0 heterocycles. The van der Waals surface area contributed by atoms with Crippen molar-refractivity contribution in [1.82, 2.24) is 5.48 Å². The maximum absolute atomic E-state index is 8.65. The number of phenols is 2. The van der Waals surface area contributed by atoms with E-state index in [0.29, 0.717) is 0 Å². The highest BCUT2D eigenvalue weighted by Gasteiger charge is 1.85. The van der Waals surface area contributed by atoms with E-state index in [1.165, 1.54) is 18.2 Å². The molecule has 1 rings (SSSR count). The highest BCUT2D eigenvalue weighted by molar-refractivity contribution is 5.30. The summed E-state index contributed by atoms with van der Waals surface area (Å²) in [5.41, 5.74) is 2.03. The first-order valence-corrected chi connectivity index (χ1v) is 3.94. The first-order valence-electron chi connectivity index (χ1n) is 3.94. The summed E-state index contributed by atoms with van der Waals surface area (Å²) in [5, 5.41) is 25.2. The van der Waals surface area contributed by atoms with Gasteiger partial charge in [0.15, 0.2) is 0 Å². The fourth-order valence-electron chi connectivity index (χ4n) is 0.493. The van der Waals surface area contributed by atoms with Crippen molar-refractivity contribution in [2.24, 2.45) is 0 Å². The molecule has 0 fully saturated rings. The summed E-state index contributed by atoms with van der Waals surface area (Å²) >= 11 is 0. The number of benzene rings is 1. The summed E-state index contributed by atoms with van der Waals surface area (Å²) in [6.07, 6.45) is 0. The lowest BCUT2D eigenvalue weighted by atomic mass is 10.3. The van der Waals surface area contributed by atoms with Crippen molar-refractivity contribution in [2.45, 2.75) is 19.9 Å². The highest BCUT2D eigenvalue weighted by atomic mass is 16.5. The SMILES string of the molecule is CC(C)NO.Oc1cccc(O)c1. The van der Waals surface area contributed by atoms with Crippen LogP contribution in [0.25, 0.3) is 0 Å². The lowest BCUT2D eigenvalue weighted by molar-refractivity contribution is 0.140. The van der Waals surface area contributed by atoms with E-state index in [4.69, 9.17) is 15.4 Å². The molecule has 0 saturated heterocycles. The second-order valence-corrected chi connectivity index (χ2v) is 2.80. The molecule has 0 amide bonds. The van der Waals surface area contributed by atoms with Gasteiger partial charge in [0.1, 0.15) is 11.5 Å². The molecule has 0 atom stereocenters. The van der Waals surface area contributed by atoms with E-state index in [0.717, 1.165) is 0 Å². The zero-order valence-corrected chi connectivity index (χ0v) is 7.73. The molecule has 4 N–H and O–H groups in total. The van der Waals surface area contributed by atoms with E-state index >= 15 is 0 Å². The van der Waals surface area contributed by atoms with Gasteiger partial charge in [-0.15, -0.1) is 0 Å². The van der Waals surface area contributed by atoms with Crippen molar-refractivity contribution < 1.29 is 15.4 Å². The Kier molecular flexibility index (Phi) is 5.67. The van der Waals surface area contributed by atoms with Crippen molar-refractivity contribution >= 4 is 0 Å². The average molecular weight is 185 g/mol. The number of hydrogen-bond donors (Lipinski definition) is 4. The van der Waals surface area contributed by atoms with Crippen LogP contribution in [0.5, 0.6) is 11.5 Å². The summed E-state index contributed by atoms with van der Waals surface area (Å²) in [7, 11) is 0. The molecule has 4 heteroatoms. The zero-order valence-electron chi connectivity index (χ0n) is 7.73. The zero-order chi connectivity index (χ0) is 10.3. The van der Waals surface area contributed by atoms with Crippen LogP contribution in [-0.2, 0) is 0 Å². The molecule has 1 aromatic rings. The topological polar surface area (TPSA) is 72.7 Å². The standard InChI is InChI=1S/C6H6O2.C3H9NO/c7-5-2-1-3-6(8)4-5;1-3(2)4-5/h1-4,7-8H;3-5H,1-2H3. The van der Waals surface area contributed by atoms with Gasteiger partial charge in [0.25, 0.3) is 0 Å². The summed E-state index contributed by atoms with van der Waals surface area (Å²) < 4.78 is 0. The van der Waals surface area contributed by atoms with Gasteiger partial charge in [-0.2, -0.15) is 0 Å². The second kappa shape index (κ2) is 6.28. The van der Waals surface area contributed by atoms with Crippen molar-refractivity contribution in [1.29, 1.82) is 0 Å². The highest BCUT2D eigenvalue weighted by Crippen LogP contribution is 2.14. The van der Waals surface area contributed by atoms with Crippen molar-refractivity contribution in [3.8, 4) is 11.5 Å². The van der Waals surface area contributed by atoms with Gasteiger partial charge in [0.2, 0.25) is 0 Å². The maximum atomic E-state index is 8.65. The average Bonchev–Trinajstić information content (AvgIpc) is 2.05. The van der Waals surface area contributed by atoms with Crippen LogP contribution in [-0.4, -0.2) is 21.5 Å². The summed E-state index contributed by atoms with van der Waals surface area (Å²) in [6.45, 7) is 3.72. The second-order valence-electron chi connectivity index (χ2n) is 2.80. The van der Waals surface area contributed by atoms with Crippen molar-refractivity contribution in [2.75, 3.05) is 0 Å². The van der Waals surface area contributed by atoms with E-state index in [-0.39, 0.29) is 17.5 Å². The van der Waals surface area contributed by atoms with Crippen molar-refractivity contribution in [3.05, 3.63) is 24.3 Å². The molecule has 1 aromatic carbocycles. The Hall–Kier alpha value is -1.26. The van der Waals surface area contributed by atoms with Gasteiger partial charge in [-0.05, 0) is 26.0 Å². The number of hydroxylamine groups is 1. The van der Waals surface area contributed by atoms with E-state index < -0.39 is 0 Å². The minimum absolute atomic E-state index is 0.0880. The molecule has 0 aliphatic heterocycles. The Morgan fingerprint density at radius 3 is 1.69 bits per heavy atom. The smallest absolute Gasteiger partial charge is 0.119 e. The number of aromatic hydroxyl groups is 2. The van der Waals surface area contributed by atoms with Gasteiger partial charge < -0.3 is 15.4 Å². The molecule has 13 heavy (non-hydrogen) atoms. The van der Waals surface area contributed by atoms with E-state index in [9.17, 15) is 0 Å². The molecule has 0 aliphatic rings. The first kappa shape index (κ1) is 11.7. The van der Waals surface area contributed by atoms with Crippen LogP contribution >= 0.6 is 0 Å². The molecule has 0 bridgehead atoms. The molecule has 0 saturated carbocycles. The molecule has 0 aliphatic carbocycles. The maximum Gasteiger partial charge on any atom is 0.119 e. The molecule has 0 unspecified atom stereocenters. The van der Waals surface area contributed by atoms with Gasteiger partial charge in [-0.25, -0.2) is 5.48 Å². The predicted molar refractivity (Wildman–Crippen MR) is 49.8 cm³/mol. The van der Waals surface area contributed by atoms with Crippen LogP contribution in [0, 0.1) is 0 Å². The molecular weight excluding hydrogens is 170 g/mol. The Bertz CT molecular complexity index is 221. The van der Waals surface area contributed by atoms with Crippen LogP contribution in [0.2, 0.25) is 0 Å². The molecule has 0 aromatic heterocycles. The van der Waals surface area contributed by atoms with Crippen LogP contribution in [0.15, 0.2) is 24.3 Å². The Balaban J connectivity index is 0.000000252. The normalized spacial score (nSPS) is 9.23. The Morgan fingerprint density at radius 2 is 1.54 bits per heavy atom. The number of hydrogen-bond acceptors (Lipinski definition) is 4. The Labute approximate surface area is 77.4 Å². The Morgan fingerprint density at radius 1 is 1.15 bits per heavy atom. The van der Waals surface area contributed by atoms with Gasteiger partial charge in [0.05, 0.1) is 0 Å². The monoisotopic (exact) mass is 185 g/mol. The van der Waals surface area contributed by atoms with Crippen LogP contribution in [0.1, 0.15) is 13.8 Å². The molecular formula is C9H15NO3. The van der Waals surface area contributed by atoms with E-state index in [1.807, 2.05) is 19.3 Å². The fourth-order valence-corrected chi connectivity index (χ4v) is 0.493. The summed E-state index contributed by atoms with van der Waals surface area (Å²) in [5.74, 6) is 0.176. The first-order chi connectivity index (χ1) is 6.06. The minimum Gasteiger partial charge on any atom is -0.508 e. The van der Waals surface area contributed by atoms with Gasteiger partial charge in [0, 0.05) is 12.1 Å². The van der Waals surface area contributed by atoms with E-state index in [2.05, 4.69) is 0 Å². The van der Waals surface area contributed by atoms with Gasteiger partial charge >= 0.3 is 0 Å². The molecule has 0 radical (unpaired) electrons. The van der Waals surface area contributed by atoms with Gasteiger partial charge in [-0.3, -0.25) is 0 Å². The number of phenolic OH excluding ortho intramolecular Hbond substituents is 2. The third kappa shape index (κ3) is 7.11. The predicted octanol–water partition coefficient (Wildman–Crippen LogP) is 1.47. The van der Waals surface area contributed by atoms with Gasteiger partial charge in [-0.1, -0.05) is 6.07 Å². The molecule has 0 spiro atoms. The molecule has 4 nitrogen and oxygen atoms in total. The summed E-state index contributed by atoms with van der Waals surface area (Å²) in [4.78, 5) is 0. The minimum atomic E-state index is 0.0880. The van der Waals surface area contributed by atoms with Crippen LogP contribution in [0.4, 0.5) is 0 Å². The van der Waals surface area contributed by atoms with E-state index in [1.54, 1.807) is 6.07 Å².